The predicted molar refractivity (Wildman–Crippen MR) is 96.0 cm³/mol. The summed E-state index contributed by atoms with van der Waals surface area (Å²) in [6, 6.07) is 0. The van der Waals surface area contributed by atoms with E-state index in [4.69, 9.17) is 0 Å². The fraction of sp³-hybridized carbons (Fsp3) is 0.688. The molecule has 2 aromatic heterocycles. The number of quaternary nitrogens is 1. The molecule has 1 aliphatic rings. The third kappa shape index (κ3) is 3.04. The molecule has 1 aliphatic heterocycles. The lowest BCUT2D eigenvalue weighted by Crippen LogP contribution is -3.13. The molecule has 0 bridgehead atoms. The number of fused-ring (bicyclic) bond motifs is 1. The number of hydrogen-bond acceptors (Lipinski definition) is 4. The second-order valence-electron chi connectivity index (χ2n) is 6.43. The van der Waals surface area contributed by atoms with Crippen LogP contribution in [0.3, 0.4) is 0 Å². The summed E-state index contributed by atoms with van der Waals surface area (Å²) < 4.78 is 4.57. The monoisotopic (exact) mass is 352 g/mol. The molecular formula is C16H26N5O2S+. The summed E-state index contributed by atoms with van der Waals surface area (Å²) in [5.74, 6) is 0.975. The lowest BCUT2D eigenvalue weighted by molar-refractivity contribution is -0.902. The summed E-state index contributed by atoms with van der Waals surface area (Å²) in [5.41, 5.74) is 0.429. The number of aryl methyl sites for hydroxylation is 2. The molecule has 0 aromatic carbocycles. The number of nitrogens with zero attached hydrogens (tertiary/aromatic N) is 4. The summed E-state index contributed by atoms with van der Waals surface area (Å²) in [6.45, 7) is 5.82. The molecule has 24 heavy (non-hydrogen) atoms. The van der Waals surface area contributed by atoms with Gasteiger partial charge in [-0.25, -0.2) is 9.78 Å². The van der Waals surface area contributed by atoms with E-state index in [0.717, 1.165) is 17.5 Å². The minimum atomic E-state index is -0.303. The largest absolute Gasteiger partial charge is 0.334 e. The highest BCUT2D eigenvalue weighted by atomic mass is 32.2. The Morgan fingerprint density at radius 3 is 2.50 bits per heavy atom. The average molecular weight is 352 g/mol. The molecule has 0 unspecified atom stereocenters. The standard InChI is InChI=1S/C16H25N5O2S/c1-4-21-14(22)12-13(19(3)16(21)23)17-15(18(12)2)24-11-10-20-8-6-5-7-9-20/h4-11H2,1-3H3/p+1. The van der Waals surface area contributed by atoms with Crippen LogP contribution in [-0.4, -0.2) is 44.1 Å². The number of likely N-dealkylation sites (tertiary alicyclic amines) is 1. The van der Waals surface area contributed by atoms with Crippen LogP contribution in [0.4, 0.5) is 0 Å². The molecule has 0 saturated carbocycles. The molecule has 132 valence electrons. The maximum atomic E-state index is 12.6. The number of rotatable bonds is 5. The first kappa shape index (κ1) is 17.3. The van der Waals surface area contributed by atoms with Gasteiger partial charge in [-0.3, -0.25) is 13.9 Å². The molecule has 0 aliphatic carbocycles. The van der Waals surface area contributed by atoms with Crippen molar-refractivity contribution in [3.8, 4) is 0 Å². The minimum Gasteiger partial charge on any atom is -0.334 e. The van der Waals surface area contributed by atoms with Gasteiger partial charge >= 0.3 is 5.69 Å². The van der Waals surface area contributed by atoms with Crippen LogP contribution >= 0.6 is 11.8 Å². The van der Waals surface area contributed by atoms with E-state index < -0.39 is 0 Å². The molecule has 1 saturated heterocycles. The van der Waals surface area contributed by atoms with E-state index in [0.29, 0.717) is 17.7 Å². The first-order valence-electron chi connectivity index (χ1n) is 8.67. The number of imidazole rings is 1. The summed E-state index contributed by atoms with van der Waals surface area (Å²) in [5, 5.41) is 0.808. The van der Waals surface area contributed by atoms with E-state index in [1.807, 2.05) is 18.5 Å². The van der Waals surface area contributed by atoms with Crippen LogP contribution in [0.15, 0.2) is 14.7 Å². The molecule has 0 radical (unpaired) electrons. The topological polar surface area (TPSA) is 66.3 Å². The lowest BCUT2D eigenvalue weighted by Gasteiger charge is -2.23. The fourth-order valence-corrected chi connectivity index (χ4v) is 4.43. The number of piperidine rings is 1. The van der Waals surface area contributed by atoms with E-state index >= 15 is 0 Å². The van der Waals surface area contributed by atoms with Crippen molar-refractivity contribution in [2.24, 2.45) is 14.1 Å². The van der Waals surface area contributed by atoms with Gasteiger partial charge in [-0.05, 0) is 26.2 Å². The lowest BCUT2D eigenvalue weighted by atomic mass is 10.1. The molecular weight excluding hydrogens is 326 g/mol. The average Bonchev–Trinajstić information content (AvgIpc) is 2.92. The van der Waals surface area contributed by atoms with Gasteiger partial charge in [0.2, 0.25) is 0 Å². The third-order valence-corrected chi connectivity index (χ3v) is 5.91. The number of aromatic nitrogens is 4. The highest BCUT2D eigenvalue weighted by Crippen LogP contribution is 2.19. The van der Waals surface area contributed by atoms with Gasteiger partial charge in [0.15, 0.2) is 16.3 Å². The summed E-state index contributed by atoms with van der Waals surface area (Å²) in [7, 11) is 3.53. The molecule has 0 amide bonds. The van der Waals surface area contributed by atoms with E-state index in [1.54, 1.807) is 23.7 Å². The van der Waals surface area contributed by atoms with Crippen molar-refractivity contribution in [2.75, 3.05) is 25.4 Å². The van der Waals surface area contributed by atoms with E-state index in [9.17, 15) is 9.59 Å². The molecule has 0 atom stereocenters. The smallest absolute Gasteiger partial charge is 0.332 e. The number of thioether (sulfide) groups is 1. The Balaban J connectivity index is 1.86. The Morgan fingerprint density at radius 1 is 1.12 bits per heavy atom. The van der Waals surface area contributed by atoms with Crippen LogP contribution in [0.25, 0.3) is 11.2 Å². The van der Waals surface area contributed by atoms with Crippen LogP contribution in [0.1, 0.15) is 26.2 Å². The van der Waals surface area contributed by atoms with Gasteiger partial charge < -0.3 is 9.47 Å². The summed E-state index contributed by atoms with van der Waals surface area (Å²) in [4.78, 5) is 31.0. The Labute approximate surface area is 145 Å². The van der Waals surface area contributed by atoms with Crippen LogP contribution in [0.5, 0.6) is 0 Å². The molecule has 8 heteroatoms. The van der Waals surface area contributed by atoms with Crippen molar-refractivity contribution in [3.63, 3.8) is 0 Å². The molecule has 0 spiro atoms. The second-order valence-corrected chi connectivity index (χ2v) is 7.49. The molecule has 3 rings (SSSR count). The highest BCUT2D eigenvalue weighted by Gasteiger charge is 2.19. The predicted octanol–water partition coefficient (Wildman–Crippen LogP) is -0.385. The second kappa shape index (κ2) is 7.14. The Bertz CT molecular complexity index is 845. The van der Waals surface area contributed by atoms with Crippen molar-refractivity contribution in [2.45, 2.75) is 37.9 Å². The quantitative estimate of drug-likeness (QED) is 0.745. The Hall–Kier alpha value is -1.54. The van der Waals surface area contributed by atoms with E-state index in [-0.39, 0.29) is 11.2 Å². The molecule has 1 fully saturated rings. The van der Waals surface area contributed by atoms with Gasteiger partial charge in [0.1, 0.15) is 0 Å². The van der Waals surface area contributed by atoms with Gasteiger partial charge in [-0.1, -0.05) is 11.8 Å². The number of hydrogen-bond donors (Lipinski definition) is 1. The third-order valence-electron chi connectivity index (χ3n) is 4.88. The molecule has 2 aromatic rings. The van der Waals surface area contributed by atoms with Crippen molar-refractivity contribution >= 4 is 22.9 Å². The van der Waals surface area contributed by atoms with Crippen LogP contribution in [0.2, 0.25) is 0 Å². The minimum absolute atomic E-state index is 0.251. The van der Waals surface area contributed by atoms with Crippen LogP contribution < -0.4 is 16.1 Å². The fourth-order valence-electron chi connectivity index (χ4n) is 3.42. The van der Waals surface area contributed by atoms with Gasteiger partial charge in [0, 0.05) is 20.6 Å². The SMILES string of the molecule is CCn1c(=O)c2c(nc(SCC[NH+]3CCCCC3)n2C)n(C)c1=O. The Kier molecular flexibility index (Phi) is 5.15. The van der Waals surface area contributed by atoms with E-state index in [2.05, 4.69) is 4.98 Å². The van der Waals surface area contributed by atoms with Gasteiger partial charge in [-0.15, -0.1) is 0 Å². The highest BCUT2D eigenvalue weighted by molar-refractivity contribution is 7.99. The van der Waals surface area contributed by atoms with Gasteiger partial charge in [0.05, 0.1) is 25.4 Å². The van der Waals surface area contributed by atoms with Gasteiger partial charge in [-0.2, -0.15) is 0 Å². The zero-order valence-electron chi connectivity index (χ0n) is 14.7. The van der Waals surface area contributed by atoms with Crippen molar-refractivity contribution in [1.29, 1.82) is 0 Å². The van der Waals surface area contributed by atoms with Crippen molar-refractivity contribution in [1.82, 2.24) is 18.7 Å². The van der Waals surface area contributed by atoms with Gasteiger partial charge in [0.25, 0.3) is 5.56 Å². The number of nitrogens with one attached hydrogen (secondary N) is 1. The maximum absolute atomic E-state index is 12.6. The summed E-state index contributed by atoms with van der Waals surface area (Å²) in [6.07, 6.45) is 4.01. The first-order valence-corrected chi connectivity index (χ1v) is 9.65. The maximum Gasteiger partial charge on any atom is 0.332 e. The molecule has 3 heterocycles. The Morgan fingerprint density at radius 2 is 1.83 bits per heavy atom. The van der Waals surface area contributed by atoms with E-state index in [1.165, 1.54) is 41.5 Å². The molecule has 7 nitrogen and oxygen atoms in total. The first-order chi connectivity index (χ1) is 11.5. The normalized spacial score (nSPS) is 16.1. The van der Waals surface area contributed by atoms with Crippen LogP contribution in [0, 0.1) is 0 Å². The zero-order chi connectivity index (χ0) is 17.3. The zero-order valence-corrected chi connectivity index (χ0v) is 15.5. The van der Waals surface area contributed by atoms with Crippen molar-refractivity contribution in [3.05, 3.63) is 20.8 Å². The molecule has 1 N–H and O–H groups in total. The van der Waals surface area contributed by atoms with Crippen molar-refractivity contribution < 1.29 is 4.90 Å². The van der Waals surface area contributed by atoms with Crippen LogP contribution in [-0.2, 0) is 20.6 Å². The summed E-state index contributed by atoms with van der Waals surface area (Å²) >= 11 is 1.67.